The molecule has 0 saturated carbocycles. The molecule has 1 aromatic heterocycles. The van der Waals surface area contributed by atoms with E-state index >= 15 is 0 Å². The zero-order valence-electron chi connectivity index (χ0n) is 14.5. The zero-order chi connectivity index (χ0) is 17.2. The summed E-state index contributed by atoms with van der Waals surface area (Å²) >= 11 is 0. The zero-order valence-corrected chi connectivity index (χ0v) is 16.8. The number of guanidine groups is 1. The summed E-state index contributed by atoms with van der Waals surface area (Å²) in [7, 11) is 0. The summed E-state index contributed by atoms with van der Waals surface area (Å²) in [6.45, 7) is 6.71. The second-order valence-corrected chi connectivity index (χ2v) is 5.33. The minimum atomic E-state index is -0.308. The minimum Gasteiger partial charge on any atom is -0.489 e. The Kier molecular flexibility index (Phi) is 9.90. The Labute approximate surface area is 164 Å². The highest BCUT2D eigenvalue weighted by atomic mass is 127. The Morgan fingerprint density at radius 1 is 1.40 bits per heavy atom. The first-order valence-electron chi connectivity index (χ1n) is 8.07. The summed E-state index contributed by atoms with van der Waals surface area (Å²) in [5.74, 6) is 0.931. The number of nitrogens with zero attached hydrogens (tertiary/aromatic N) is 3. The van der Waals surface area contributed by atoms with E-state index in [1.807, 2.05) is 24.6 Å². The third-order valence-electron chi connectivity index (χ3n) is 3.21. The predicted molar refractivity (Wildman–Crippen MR) is 108 cm³/mol. The predicted octanol–water partition coefficient (Wildman–Crippen LogP) is 2.66. The molecular formula is C17H25FIN5O. The molecule has 0 aliphatic carbocycles. The smallest absolute Gasteiger partial charge is 0.191 e. The fourth-order valence-electron chi connectivity index (χ4n) is 2.09. The highest BCUT2D eigenvalue weighted by molar-refractivity contribution is 14.0. The van der Waals surface area contributed by atoms with Gasteiger partial charge in [0, 0.05) is 38.1 Å². The molecule has 138 valence electrons. The number of hydrogen-bond donors (Lipinski definition) is 2. The molecule has 2 rings (SSSR count). The topological polar surface area (TPSA) is 63.5 Å². The largest absolute Gasteiger partial charge is 0.489 e. The van der Waals surface area contributed by atoms with Crippen LogP contribution in [0.1, 0.15) is 13.8 Å². The molecule has 8 heteroatoms. The van der Waals surface area contributed by atoms with Crippen molar-refractivity contribution in [2.24, 2.45) is 4.99 Å². The van der Waals surface area contributed by atoms with Gasteiger partial charge in [0.25, 0.3) is 0 Å². The number of hydrogen-bond acceptors (Lipinski definition) is 3. The number of benzene rings is 1. The van der Waals surface area contributed by atoms with Gasteiger partial charge in [-0.2, -0.15) is 0 Å². The van der Waals surface area contributed by atoms with Crippen molar-refractivity contribution in [3.05, 3.63) is 48.8 Å². The van der Waals surface area contributed by atoms with Crippen molar-refractivity contribution < 1.29 is 9.13 Å². The maximum atomic E-state index is 13.2. The Morgan fingerprint density at radius 3 is 2.92 bits per heavy atom. The van der Waals surface area contributed by atoms with E-state index in [1.165, 1.54) is 12.1 Å². The number of aromatic nitrogens is 2. The normalized spacial score (nSPS) is 12.2. The number of imidazole rings is 1. The number of aliphatic imine (C=N–C) groups is 1. The lowest BCUT2D eigenvalue weighted by atomic mass is 10.3. The van der Waals surface area contributed by atoms with Crippen LogP contribution in [0.5, 0.6) is 5.75 Å². The molecule has 0 aliphatic rings. The summed E-state index contributed by atoms with van der Waals surface area (Å²) in [6, 6.07) is 6.12. The van der Waals surface area contributed by atoms with Crippen LogP contribution in [0.3, 0.4) is 0 Å². The van der Waals surface area contributed by atoms with E-state index in [9.17, 15) is 4.39 Å². The van der Waals surface area contributed by atoms with Crippen molar-refractivity contribution >= 4 is 29.9 Å². The molecule has 0 amide bonds. The molecule has 1 aromatic carbocycles. The van der Waals surface area contributed by atoms with E-state index < -0.39 is 0 Å². The SMILES string of the molecule is CCNC(=NCC(C)Oc1cccc(F)c1)NCCn1ccnc1.I. The van der Waals surface area contributed by atoms with Gasteiger partial charge in [0.05, 0.1) is 12.9 Å². The lowest BCUT2D eigenvalue weighted by molar-refractivity contribution is 0.229. The molecule has 0 radical (unpaired) electrons. The number of ether oxygens (including phenoxy) is 1. The van der Waals surface area contributed by atoms with Crippen molar-refractivity contribution in [2.45, 2.75) is 26.5 Å². The van der Waals surface area contributed by atoms with Crippen LogP contribution in [0.2, 0.25) is 0 Å². The molecule has 1 unspecified atom stereocenters. The van der Waals surface area contributed by atoms with Gasteiger partial charge in [0.2, 0.25) is 0 Å². The van der Waals surface area contributed by atoms with Crippen LogP contribution in [-0.2, 0) is 6.54 Å². The first-order valence-corrected chi connectivity index (χ1v) is 8.07. The molecule has 2 aromatic rings. The van der Waals surface area contributed by atoms with Gasteiger partial charge in [-0.25, -0.2) is 14.4 Å². The molecule has 6 nitrogen and oxygen atoms in total. The quantitative estimate of drug-likeness (QED) is 0.361. The maximum absolute atomic E-state index is 13.2. The Hall–Kier alpha value is -1.84. The van der Waals surface area contributed by atoms with Crippen molar-refractivity contribution in [3.8, 4) is 5.75 Å². The monoisotopic (exact) mass is 461 g/mol. The van der Waals surface area contributed by atoms with Crippen molar-refractivity contribution in [1.29, 1.82) is 0 Å². The van der Waals surface area contributed by atoms with E-state index in [0.29, 0.717) is 12.3 Å². The molecule has 0 bridgehead atoms. The summed E-state index contributed by atoms with van der Waals surface area (Å²) in [5, 5.41) is 6.45. The molecule has 1 heterocycles. The lowest BCUT2D eigenvalue weighted by Gasteiger charge is -2.15. The van der Waals surface area contributed by atoms with E-state index in [4.69, 9.17) is 4.74 Å². The van der Waals surface area contributed by atoms with Crippen molar-refractivity contribution in [2.75, 3.05) is 19.6 Å². The van der Waals surface area contributed by atoms with E-state index in [1.54, 1.807) is 24.7 Å². The van der Waals surface area contributed by atoms with Gasteiger partial charge in [-0.1, -0.05) is 6.07 Å². The number of nitrogens with one attached hydrogen (secondary N) is 2. The van der Waals surface area contributed by atoms with Crippen LogP contribution >= 0.6 is 24.0 Å². The van der Waals surface area contributed by atoms with Crippen LogP contribution in [0.4, 0.5) is 4.39 Å². The first-order chi connectivity index (χ1) is 11.7. The van der Waals surface area contributed by atoms with Crippen molar-refractivity contribution in [3.63, 3.8) is 0 Å². The molecule has 2 N–H and O–H groups in total. The van der Waals surface area contributed by atoms with E-state index in [-0.39, 0.29) is 35.9 Å². The second kappa shape index (κ2) is 11.7. The summed E-state index contributed by atoms with van der Waals surface area (Å²) in [6.07, 6.45) is 5.29. The number of rotatable bonds is 8. The first kappa shape index (κ1) is 21.2. The summed E-state index contributed by atoms with van der Waals surface area (Å²) < 4.78 is 20.8. The van der Waals surface area contributed by atoms with Gasteiger partial charge in [0.1, 0.15) is 17.7 Å². The van der Waals surface area contributed by atoms with Gasteiger partial charge >= 0.3 is 0 Å². The van der Waals surface area contributed by atoms with Crippen LogP contribution in [0, 0.1) is 5.82 Å². The van der Waals surface area contributed by atoms with Gasteiger partial charge in [-0.3, -0.25) is 0 Å². The van der Waals surface area contributed by atoms with Crippen LogP contribution in [0.25, 0.3) is 0 Å². The molecule has 0 aliphatic heterocycles. The van der Waals surface area contributed by atoms with Crippen molar-refractivity contribution in [1.82, 2.24) is 20.2 Å². The van der Waals surface area contributed by atoms with Crippen LogP contribution in [-0.4, -0.2) is 41.2 Å². The van der Waals surface area contributed by atoms with E-state index in [2.05, 4.69) is 20.6 Å². The minimum absolute atomic E-state index is 0. The molecule has 25 heavy (non-hydrogen) atoms. The second-order valence-electron chi connectivity index (χ2n) is 5.33. The average Bonchev–Trinajstić information content (AvgIpc) is 3.06. The number of halogens is 2. The Bertz CT molecular complexity index is 636. The van der Waals surface area contributed by atoms with Gasteiger partial charge in [-0.05, 0) is 26.0 Å². The van der Waals surface area contributed by atoms with Gasteiger partial charge in [0.15, 0.2) is 5.96 Å². The highest BCUT2D eigenvalue weighted by Crippen LogP contribution is 2.13. The molecule has 0 saturated heterocycles. The maximum Gasteiger partial charge on any atom is 0.191 e. The molecular weight excluding hydrogens is 436 g/mol. The van der Waals surface area contributed by atoms with Gasteiger partial charge in [-0.15, -0.1) is 24.0 Å². The Morgan fingerprint density at radius 2 is 2.24 bits per heavy atom. The average molecular weight is 461 g/mol. The highest BCUT2D eigenvalue weighted by Gasteiger charge is 2.05. The standard InChI is InChI=1S/C17H24FN5O.HI/c1-3-20-17(21-8-10-23-9-7-19-13-23)22-12-14(2)24-16-6-4-5-15(18)11-16;/h4-7,9,11,13-14H,3,8,10,12H2,1-2H3,(H2,20,21,22);1H. The van der Waals surface area contributed by atoms with E-state index in [0.717, 1.165) is 25.6 Å². The van der Waals surface area contributed by atoms with Crippen LogP contribution in [0.15, 0.2) is 48.0 Å². The third kappa shape index (κ3) is 8.19. The molecule has 0 fully saturated rings. The lowest BCUT2D eigenvalue weighted by Crippen LogP contribution is -2.39. The molecule has 0 spiro atoms. The third-order valence-corrected chi connectivity index (χ3v) is 3.21. The summed E-state index contributed by atoms with van der Waals surface area (Å²) in [4.78, 5) is 8.51. The van der Waals surface area contributed by atoms with Crippen LogP contribution < -0.4 is 15.4 Å². The fourth-order valence-corrected chi connectivity index (χ4v) is 2.09. The Balaban J connectivity index is 0.00000312. The summed E-state index contributed by atoms with van der Waals surface area (Å²) in [5.41, 5.74) is 0. The van der Waals surface area contributed by atoms with Gasteiger partial charge < -0.3 is 19.9 Å². The fraction of sp³-hybridized carbons (Fsp3) is 0.412. The molecule has 1 atom stereocenters.